The summed E-state index contributed by atoms with van der Waals surface area (Å²) in [4.78, 5) is 23.3. The summed E-state index contributed by atoms with van der Waals surface area (Å²) in [5.74, 6) is -0.368. The molecule has 0 aromatic heterocycles. The summed E-state index contributed by atoms with van der Waals surface area (Å²) in [6, 6.07) is 16.0. The molecule has 0 radical (unpaired) electrons. The van der Waals surface area contributed by atoms with Crippen LogP contribution >= 0.6 is 0 Å². The lowest BCUT2D eigenvalue weighted by Crippen LogP contribution is -2.37. The zero-order valence-electron chi connectivity index (χ0n) is 15.1. The van der Waals surface area contributed by atoms with Gasteiger partial charge in [-0.15, -0.1) is 0 Å². The molecule has 5 heteroatoms. The van der Waals surface area contributed by atoms with Crippen LogP contribution < -0.4 is 5.32 Å². The van der Waals surface area contributed by atoms with Gasteiger partial charge in [-0.1, -0.05) is 61.4 Å². The molecule has 27 heavy (non-hydrogen) atoms. The summed E-state index contributed by atoms with van der Waals surface area (Å²) >= 11 is 0. The molecule has 0 aliphatic heterocycles. The van der Waals surface area contributed by atoms with Gasteiger partial charge in [0.2, 0.25) is 0 Å². The van der Waals surface area contributed by atoms with Crippen LogP contribution in [-0.4, -0.2) is 29.8 Å². The van der Waals surface area contributed by atoms with Crippen LogP contribution in [0.5, 0.6) is 0 Å². The van der Waals surface area contributed by atoms with Crippen LogP contribution in [-0.2, 0) is 9.53 Å². The van der Waals surface area contributed by atoms with E-state index < -0.39 is 12.1 Å². The zero-order chi connectivity index (χ0) is 18.8. The van der Waals surface area contributed by atoms with E-state index in [1.807, 2.05) is 24.3 Å². The second kappa shape index (κ2) is 7.43. The molecule has 1 amide bonds. The van der Waals surface area contributed by atoms with Crippen LogP contribution in [0.25, 0.3) is 11.1 Å². The number of nitrogens with one attached hydrogen (secondary N) is 1. The molecule has 1 fully saturated rings. The second-order valence-corrected chi connectivity index (χ2v) is 7.44. The average molecular weight is 365 g/mol. The first-order chi connectivity index (χ1) is 13.1. The SMILES string of the molecule is O=C(O)C[C@H](CC1CC1)NC(=O)OCC1c2ccccc2-c2ccccc21. The van der Waals surface area contributed by atoms with Crippen molar-refractivity contribution in [3.63, 3.8) is 0 Å². The van der Waals surface area contributed by atoms with Gasteiger partial charge in [-0.3, -0.25) is 4.79 Å². The topological polar surface area (TPSA) is 75.6 Å². The van der Waals surface area contributed by atoms with Crippen LogP contribution in [0.1, 0.15) is 42.7 Å². The van der Waals surface area contributed by atoms with Gasteiger partial charge in [-0.05, 0) is 34.6 Å². The number of aliphatic carboxylic acids is 1. The molecule has 2 N–H and O–H groups in total. The standard InChI is InChI=1S/C22H23NO4/c24-21(25)12-15(11-14-9-10-14)23-22(26)27-13-20-18-7-3-1-5-16(18)17-6-2-4-8-19(17)20/h1-8,14-15,20H,9-13H2,(H,23,26)(H,24,25)/t15-/m0/s1. The lowest BCUT2D eigenvalue weighted by molar-refractivity contribution is -0.137. The third-order valence-corrected chi connectivity index (χ3v) is 5.40. The molecule has 2 aliphatic rings. The van der Waals surface area contributed by atoms with Gasteiger partial charge in [0.15, 0.2) is 0 Å². The molecule has 140 valence electrons. The van der Waals surface area contributed by atoms with E-state index in [2.05, 4.69) is 29.6 Å². The molecule has 5 nitrogen and oxygen atoms in total. The Labute approximate surface area is 158 Å². The highest BCUT2D eigenvalue weighted by Crippen LogP contribution is 2.44. The molecular formula is C22H23NO4. The van der Waals surface area contributed by atoms with E-state index in [1.54, 1.807) is 0 Å². The van der Waals surface area contributed by atoms with Gasteiger partial charge < -0.3 is 15.2 Å². The fraction of sp³-hybridized carbons (Fsp3) is 0.364. The molecule has 1 atom stereocenters. The average Bonchev–Trinajstić information content (AvgIpc) is 3.40. The molecule has 1 saturated carbocycles. The summed E-state index contributed by atoms with van der Waals surface area (Å²) in [6.45, 7) is 0.239. The number of benzene rings is 2. The lowest BCUT2D eigenvalue weighted by Gasteiger charge is -2.18. The molecule has 0 saturated heterocycles. The summed E-state index contributed by atoms with van der Waals surface area (Å²) in [6.07, 6.45) is 2.33. The number of hydrogen-bond donors (Lipinski definition) is 2. The highest BCUT2D eigenvalue weighted by atomic mass is 16.5. The van der Waals surface area contributed by atoms with Crippen molar-refractivity contribution in [3.05, 3.63) is 59.7 Å². The number of carboxylic acid groups (broad SMARTS) is 1. The first kappa shape index (κ1) is 17.6. The zero-order valence-corrected chi connectivity index (χ0v) is 15.1. The van der Waals surface area contributed by atoms with Crippen LogP contribution in [0.2, 0.25) is 0 Å². The quantitative estimate of drug-likeness (QED) is 0.772. The van der Waals surface area contributed by atoms with E-state index in [9.17, 15) is 9.59 Å². The minimum atomic E-state index is -0.903. The van der Waals surface area contributed by atoms with Gasteiger partial charge in [0.25, 0.3) is 0 Å². The van der Waals surface area contributed by atoms with Gasteiger partial charge >= 0.3 is 12.1 Å². The van der Waals surface area contributed by atoms with Crippen molar-refractivity contribution >= 4 is 12.1 Å². The molecule has 0 heterocycles. The number of carboxylic acids is 1. The van der Waals surface area contributed by atoms with Crippen LogP contribution in [0, 0.1) is 5.92 Å². The number of ether oxygens (including phenoxy) is 1. The van der Waals surface area contributed by atoms with Gasteiger partial charge in [0.05, 0.1) is 6.42 Å². The smallest absolute Gasteiger partial charge is 0.407 e. The van der Waals surface area contributed by atoms with Crippen LogP contribution in [0.15, 0.2) is 48.5 Å². The Kier molecular flexibility index (Phi) is 4.84. The summed E-state index contributed by atoms with van der Waals surface area (Å²) in [7, 11) is 0. The molecule has 2 aromatic rings. The van der Waals surface area contributed by atoms with Crippen molar-refractivity contribution in [2.24, 2.45) is 5.92 Å². The normalized spacial score (nSPS) is 16.3. The third-order valence-electron chi connectivity index (χ3n) is 5.40. The van der Waals surface area contributed by atoms with Crippen molar-refractivity contribution in [1.29, 1.82) is 0 Å². The van der Waals surface area contributed by atoms with E-state index in [0.717, 1.165) is 24.0 Å². The maximum atomic E-state index is 12.3. The van der Waals surface area contributed by atoms with Crippen molar-refractivity contribution in [3.8, 4) is 11.1 Å². The molecular weight excluding hydrogens is 342 g/mol. The Morgan fingerprint density at radius 3 is 2.19 bits per heavy atom. The highest BCUT2D eigenvalue weighted by molar-refractivity contribution is 5.79. The second-order valence-electron chi connectivity index (χ2n) is 7.44. The van der Waals surface area contributed by atoms with Gasteiger partial charge in [0.1, 0.15) is 6.61 Å². The minimum absolute atomic E-state index is 0.00417. The molecule has 4 rings (SSSR count). The number of hydrogen-bond acceptors (Lipinski definition) is 3. The summed E-state index contributed by atoms with van der Waals surface area (Å²) < 4.78 is 5.51. The monoisotopic (exact) mass is 365 g/mol. The van der Waals surface area contributed by atoms with E-state index in [4.69, 9.17) is 9.84 Å². The molecule has 0 spiro atoms. The van der Waals surface area contributed by atoms with Gasteiger partial charge in [-0.2, -0.15) is 0 Å². The maximum Gasteiger partial charge on any atom is 0.407 e. The minimum Gasteiger partial charge on any atom is -0.481 e. The maximum absolute atomic E-state index is 12.3. The van der Waals surface area contributed by atoms with Crippen molar-refractivity contribution in [1.82, 2.24) is 5.32 Å². The molecule has 0 unspecified atom stereocenters. The van der Waals surface area contributed by atoms with Crippen molar-refractivity contribution in [2.75, 3.05) is 6.61 Å². The lowest BCUT2D eigenvalue weighted by atomic mass is 9.98. The number of fused-ring (bicyclic) bond motifs is 3. The van der Waals surface area contributed by atoms with E-state index in [0.29, 0.717) is 12.3 Å². The fourth-order valence-electron chi connectivity index (χ4n) is 3.97. The van der Waals surface area contributed by atoms with E-state index in [-0.39, 0.29) is 25.0 Å². The van der Waals surface area contributed by atoms with E-state index in [1.165, 1.54) is 11.1 Å². The number of rotatable bonds is 7. The predicted octanol–water partition coefficient (Wildman–Crippen LogP) is 4.17. The van der Waals surface area contributed by atoms with Crippen molar-refractivity contribution in [2.45, 2.75) is 37.6 Å². The van der Waals surface area contributed by atoms with Crippen LogP contribution in [0.4, 0.5) is 4.79 Å². The van der Waals surface area contributed by atoms with Gasteiger partial charge in [0, 0.05) is 12.0 Å². The largest absolute Gasteiger partial charge is 0.481 e. The Morgan fingerprint density at radius 2 is 1.63 bits per heavy atom. The first-order valence-corrected chi connectivity index (χ1v) is 9.45. The van der Waals surface area contributed by atoms with Crippen LogP contribution in [0.3, 0.4) is 0 Å². The molecule has 2 aliphatic carbocycles. The Balaban J connectivity index is 1.42. The summed E-state index contributed by atoms with van der Waals surface area (Å²) in [5, 5.41) is 11.8. The van der Waals surface area contributed by atoms with Gasteiger partial charge in [-0.25, -0.2) is 4.79 Å². The number of carbonyl (C=O) groups excluding carboxylic acids is 1. The number of carbonyl (C=O) groups is 2. The Bertz CT molecular complexity index is 813. The highest BCUT2D eigenvalue weighted by Gasteiger charge is 2.30. The van der Waals surface area contributed by atoms with E-state index >= 15 is 0 Å². The number of amides is 1. The first-order valence-electron chi connectivity index (χ1n) is 9.45. The Hall–Kier alpha value is -2.82. The molecule has 0 bridgehead atoms. The Morgan fingerprint density at radius 1 is 1.04 bits per heavy atom. The third kappa shape index (κ3) is 3.97. The van der Waals surface area contributed by atoms with Crippen molar-refractivity contribution < 1.29 is 19.4 Å². The molecule has 2 aromatic carbocycles. The fourth-order valence-corrected chi connectivity index (χ4v) is 3.97. The summed E-state index contributed by atoms with van der Waals surface area (Å²) in [5.41, 5.74) is 4.68. The predicted molar refractivity (Wildman–Crippen MR) is 102 cm³/mol. The number of alkyl carbamates (subject to hydrolysis) is 1.